The number of benzene rings is 2. The third kappa shape index (κ3) is 5.77. The van der Waals surface area contributed by atoms with Crippen molar-refractivity contribution in [2.24, 2.45) is 0 Å². The topological polar surface area (TPSA) is 108 Å². The fraction of sp³-hybridized carbons (Fsp3) is 0.364. The van der Waals surface area contributed by atoms with Gasteiger partial charge in [-0.3, -0.25) is 9.59 Å². The van der Waals surface area contributed by atoms with E-state index in [4.69, 9.17) is 4.74 Å². The van der Waals surface area contributed by atoms with Gasteiger partial charge >= 0.3 is 0 Å². The minimum atomic E-state index is -3.88. The van der Waals surface area contributed by atoms with Crippen LogP contribution in [-0.4, -0.2) is 64.5 Å². The first kappa shape index (κ1) is 23.6. The predicted octanol–water partition coefficient (Wildman–Crippen LogP) is 1.67. The summed E-state index contributed by atoms with van der Waals surface area (Å²) in [4.78, 5) is 27.8. The summed E-state index contributed by atoms with van der Waals surface area (Å²) >= 11 is 0. The Morgan fingerprint density at radius 1 is 1.03 bits per heavy atom. The third-order valence-corrected chi connectivity index (χ3v) is 6.75. The molecule has 0 aromatic heterocycles. The molecule has 1 atom stereocenters. The highest BCUT2D eigenvalue weighted by molar-refractivity contribution is 7.89. The fourth-order valence-corrected chi connectivity index (χ4v) is 4.73. The van der Waals surface area contributed by atoms with E-state index in [1.54, 1.807) is 18.9 Å². The standard InChI is InChI=1S/C22H28N4O5S/c1-16(24-32(29,30)21-9-7-18(8-10-21)23-17(2)27)22(28)26-13-11-25(12-14-26)19-5-4-6-20(15-19)31-3/h4-10,15-16,24H,11-14H2,1-3H3,(H,23,27)/t16-/m0/s1. The Labute approximate surface area is 188 Å². The molecule has 1 aliphatic rings. The molecule has 3 rings (SSSR count). The lowest BCUT2D eigenvalue weighted by atomic mass is 10.2. The van der Waals surface area contributed by atoms with Gasteiger partial charge in [0.2, 0.25) is 21.8 Å². The molecule has 1 saturated heterocycles. The highest BCUT2D eigenvalue weighted by Gasteiger charge is 2.28. The summed E-state index contributed by atoms with van der Waals surface area (Å²) in [5, 5.41) is 2.58. The molecule has 2 amide bonds. The number of hydrogen-bond donors (Lipinski definition) is 2. The fourth-order valence-electron chi connectivity index (χ4n) is 3.54. The van der Waals surface area contributed by atoms with Crippen LogP contribution in [0.25, 0.3) is 0 Å². The summed E-state index contributed by atoms with van der Waals surface area (Å²) in [6.45, 7) is 5.18. The molecule has 2 N–H and O–H groups in total. The first-order valence-corrected chi connectivity index (χ1v) is 11.8. The van der Waals surface area contributed by atoms with Crippen molar-refractivity contribution >= 4 is 33.2 Å². The van der Waals surface area contributed by atoms with Crippen LogP contribution in [0.4, 0.5) is 11.4 Å². The molecule has 0 aliphatic carbocycles. The second-order valence-corrected chi connectivity index (χ2v) is 9.28. The quantitative estimate of drug-likeness (QED) is 0.651. The molecule has 0 bridgehead atoms. The smallest absolute Gasteiger partial charge is 0.241 e. The number of piperazine rings is 1. The molecule has 9 nitrogen and oxygen atoms in total. The molecule has 32 heavy (non-hydrogen) atoms. The van der Waals surface area contributed by atoms with Gasteiger partial charge < -0.3 is 19.9 Å². The van der Waals surface area contributed by atoms with Crippen molar-refractivity contribution in [1.82, 2.24) is 9.62 Å². The van der Waals surface area contributed by atoms with Crippen LogP contribution in [0.5, 0.6) is 5.75 Å². The molecule has 0 radical (unpaired) electrons. The summed E-state index contributed by atoms with van der Waals surface area (Å²) < 4.78 is 33.1. The number of sulfonamides is 1. The van der Waals surface area contributed by atoms with Crippen molar-refractivity contribution in [3.8, 4) is 5.75 Å². The molecular formula is C22H28N4O5S. The van der Waals surface area contributed by atoms with Crippen LogP contribution in [0.3, 0.4) is 0 Å². The van der Waals surface area contributed by atoms with Crippen LogP contribution in [0.2, 0.25) is 0 Å². The number of carbonyl (C=O) groups is 2. The van der Waals surface area contributed by atoms with E-state index in [1.165, 1.54) is 31.2 Å². The minimum Gasteiger partial charge on any atom is -0.497 e. The van der Waals surface area contributed by atoms with Crippen molar-refractivity contribution in [1.29, 1.82) is 0 Å². The summed E-state index contributed by atoms with van der Waals surface area (Å²) in [5.74, 6) is 0.257. The molecule has 1 fully saturated rings. The monoisotopic (exact) mass is 460 g/mol. The Morgan fingerprint density at radius 3 is 2.28 bits per heavy atom. The molecule has 1 heterocycles. The summed E-state index contributed by atoms with van der Waals surface area (Å²) in [7, 11) is -2.26. The van der Waals surface area contributed by atoms with E-state index in [1.807, 2.05) is 24.3 Å². The van der Waals surface area contributed by atoms with Crippen molar-refractivity contribution < 1.29 is 22.7 Å². The minimum absolute atomic E-state index is 0.0223. The third-order valence-electron chi connectivity index (χ3n) is 5.20. The SMILES string of the molecule is COc1cccc(N2CCN(C(=O)[C@H](C)NS(=O)(=O)c3ccc(NC(C)=O)cc3)CC2)c1. The van der Waals surface area contributed by atoms with E-state index in [9.17, 15) is 18.0 Å². The van der Waals surface area contributed by atoms with E-state index in [0.29, 0.717) is 31.9 Å². The lowest BCUT2D eigenvalue weighted by molar-refractivity contribution is -0.132. The number of ether oxygens (including phenoxy) is 1. The second-order valence-electron chi connectivity index (χ2n) is 7.56. The van der Waals surface area contributed by atoms with E-state index < -0.39 is 16.1 Å². The summed E-state index contributed by atoms with van der Waals surface area (Å²) in [6, 6.07) is 12.6. The zero-order valence-corrected chi connectivity index (χ0v) is 19.2. The maximum atomic E-state index is 12.8. The van der Waals surface area contributed by atoms with Crippen molar-refractivity contribution in [2.45, 2.75) is 24.8 Å². The molecular weight excluding hydrogens is 432 g/mol. The van der Waals surface area contributed by atoms with Crippen LogP contribution < -0.4 is 19.7 Å². The Kier molecular flexibility index (Phi) is 7.37. The maximum Gasteiger partial charge on any atom is 0.241 e. The number of nitrogens with one attached hydrogen (secondary N) is 2. The molecule has 0 saturated carbocycles. The van der Waals surface area contributed by atoms with Crippen LogP contribution in [0.15, 0.2) is 53.4 Å². The van der Waals surface area contributed by atoms with Crippen LogP contribution in [-0.2, 0) is 19.6 Å². The lowest BCUT2D eigenvalue weighted by Gasteiger charge is -2.37. The van der Waals surface area contributed by atoms with Gasteiger partial charge in [-0.1, -0.05) is 6.07 Å². The van der Waals surface area contributed by atoms with E-state index in [-0.39, 0.29) is 16.7 Å². The first-order valence-electron chi connectivity index (χ1n) is 10.3. The number of methoxy groups -OCH3 is 1. The second kappa shape index (κ2) is 10.0. The zero-order chi connectivity index (χ0) is 23.3. The molecule has 1 aliphatic heterocycles. The molecule has 2 aromatic rings. The average Bonchev–Trinajstić information content (AvgIpc) is 2.78. The molecule has 0 spiro atoms. The number of anilines is 2. The van der Waals surface area contributed by atoms with E-state index in [0.717, 1.165) is 11.4 Å². The molecule has 10 heteroatoms. The molecule has 2 aromatic carbocycles. The number of amides is 2. The summed E-state index contributed by atoms with van der Waals surface area (Å²) in [5.41, 5.74) is 1.52. The average molecular weight is 461 g/mol. The van der Waals surface area contributed by atoms with Gasteiger partial charge in [-0.05, 0) is 43.3 Å². The van der Waals surface area contributed by atoms with Gasteiger partial charge in [-0.25, -0.2) is 8.42 Å². The van der Waals surface area contributed by atoms with Crippen molar-refractivity contribution in [3.63, 3.8) is 0 Å². The number of carbonyl (C=O) groups excluding carboxylic acids is 2. The largest absolute Gasteiger partial charge is 0.497 e. The van der Waals surface area contributed by atoms with Crippen molar-refractivity contribution in [3.05, 3.63) is 48.5 Å². The summed E-state index contributed by atoms with van der Waals surface area (Å²) in [6.07, 6.45) is 0. The highest BCUT2D eigenvalue weighted by atomic mass is 32.2. The Balaban J connectivity index is 1.58. The number of hydrogen-bond acceptors (Lipinski definition) is 6. The first-order chi connectivity index (χ1) is 15.2. The molecule has 0 unspecified atom stereocenters. The van der Waals surface area contributed by atoms with Gasteiger partial charge in [0.15, 0.2) is 0 Å². The maximum absolute atomic E-state index is 12.8. The Morgan fingerprint density at radius 2 is 1.69 bits per heavy atom. The van der Waals surface area contributed by atoms with Gasteiger partial charge in [0.05, 0.1) is 18.0 Å². The van der Waals surface area contributed by atoms with Gasteiger partial charge in [0, 0.05) is 50.5 Å². The van der Waals surface area contributed by atoms with Gasteiger partial charge in [0.1, 0.15) is 5.75 Å². The number of nitrogens with zero attached hydrogens (tertiary/aromatic N) is 2. The van der Waals surface area contributed by atoms with E-state index in [2.05, 4.69) is 14.9 Å². The predicted molar refractivity (Wildman–Crippen MR) is 122 cm³/mol. The van der Waals surface area contributed by atoms with Gasteiger partial charge in [-0.2, -0.15) is 4.72 Å². The van der Waals surface area contributed by atoms with Crippen molar-refractivity contribution in [2.75, 3.05) is 43.5 Å². The van der Waals surface area contributed by atoms with Crippen LogP contribution in [0.1, 0.15) is 13.8 Å². The normalized spacial score (nSPS) is 15.2. The van der Waals surface area contributed by atoms with Gasteiger partial charge in [0.25, 0.3) is 0 Å². The van der Waals surface area contributed by atoms with E-state index >= 15 is 0 Å². The highest BCUT2D eigenvalue weighted by Crippen LogP contribution is 2.22. The van der Waals surface area contributed by atoms with Gasteiger partial charge in [-0.15, -0.1) is 0 Å². The zero-order valence-electron chi connectivity index (χ0n) is 18.4. The number of rotatable bonds is 7. The van der Waals surface area contributed by atoms with Crippen LogP contribution >= 0.6 is 0 Å². The Hall–Kier alpha value is -3.11. The Bertz CT molecular complexity index is 1060. The lowest BCUT2D eigenvalue weighted by Crippen LogP contribution is -2.54. The molecule has 172 valence electrons. The van der Waals surface area contributed by atoms with Crippen LogP contribution in [0, 0.1) is 0 Å².